The van der Waals surface area contributed by atoms with Gasteiger partial charge in [0, 0.05) is 0 Å². The topological polar surface area (TPSA) is 17.1 Å². The third-order valence-electron chi connectivity index (χ3n) is 0.586. The molecule has 0 aromatic heterocycles. The Labute approximate surface area is 51.1 Å². The van der Waals surface area contributed by atoms with Gasteiger partial charge in [0.05, 0.1) is 0 Å². The van der Waals surface area contributed by atoms with E-state index >= 15 is 0 Å². The summed E-state index contributed by atoms with van der Waals surface area (Å²) >= 11 is 2.00. The van der Waals surface area contributed by atoms with Crippen molar-refractivity contribution < 1.29 is 19.8 Å². The van der Waals surface area contributed by atoms with Crippen LogP contribution in [0.15, 0.2) is 18.2 Å². The maximum atomic E-state index is 8.00. The molecule has 1 rings (SSSR count). The molecule has 0 bridgehead atoms. The van der Waals surface area contributed by atoms with E-state index in [1.807, 2.05) is 28.1 Å². The quantitative estimate of drug-likeness (QED) is 0.362. The van der Waals surface area contributed by atoms with Crippen LogP contribution < -0.4 is 0 Å². The Bertz CT molecular complexity index is 76.1. The first-order chi connectivity index (χ1) is 3.50. The summed E-state index contributed by atoms with van der Waals surface area (Å²) in [7, 11) is 0. The molecule has 0 heterocycles. The second kappa shape index (κ2) is 5.80. The van der Waals surface area contributed by atoms with Crippen LogP contribution in [0.25, 0.3) is 0 Å². The van der Waals surface area contributed by atoms with Crippen LogP contribution >= 0.6 is 0 Å². The normalized spacial score (nSPS) is 13.1. The molecule has 0 aliphatic heterocycles. The molecule has 0 radical (unpaired) electrons. The average Bonchev–Trinajstić information content (AvgIpc) is 2.23. The predicted molar refractivity (Wildman–Crippen MR) is 22.3 cm³/mol. The van der Waals surface area contributed by atoms with E-state index in [9.17, 15) is 0 Å². The van der Waals surface area contributed by atoms with Crippen LogP contribution in [-0.4, -0.2) is 0 Å². The molecular weight excluding hydrogens is 132 g/mol. The Kier molecular flexibility index (Phi) is 5.63. The minimum absolute atomic E-state index is 1.01. The van der Waals surface area contributed by atoms with Gasteiger partial charge in [-0.05, 0) is 0 Å². The third-order valence-corrected chi connectivity index (χ3v) is 0.586. The number of rotatable bonds is 0. The summed E-state index contributed by atoms with van der Waals surface area (Å²) in [6.45, 7) is 0. The zero-order valence-electron chi connectivity index (χ0n) is 3.70. The summed E-state index contributed by atoms with van der Waals surface area (Å²) in [6.07, 6.45) is 10.0. The van der Waals surface area contributed by atoms with Crippen molar-refractivity contribution in [2.24, 2.45) is 0 Å². The molecule has 1 aliphatic carbocycles. The molecule has 0 atom stereocenters. The van der Waals surface area contributed by atoms with Gasteiger partial charge in [0.1, 0.15) is 0 Å². The molecule has 7 heavy (non-hydrogen) atoms. The molecule has 0 N–H and O–H groups in total. The maximum absolute atomic E-state index is 8.00. The molecule has 0 aromatic rings. The molecule has 0 amide bonds. The molecule has 0 aromatic carbocycles. The van der Waals surface area contributed by atoms with Crippen molar-refractivity contribution in [2.45, 2.75) is 6.42 Å². The second-order valence-electron chi connectivity index (χ2n) is 1.00. The fourth-order valence-electron chi connectivity index (χ4n) is 0.340. The summed E-state index contributed by atoms with van der Waals surface area (Å²) in [5.74, 6) is 0. The third kappa shape index (κ3) is 3.63. The first-order valence-electron chi connectivity index (χ1n) is 1.86. The SMILES string of the molecule is [C-]1=CC=CC1.[O]=[Fe+]. The fraction of sp³-hybridized carbons (Fsp3) is 0.200. The monoisotopic (exact) mass is 137 g/mol. The van der Waals surface area contributed by atoms with Gasteiger partial charge in [0.15, 0.2) is 0 Å². The second-order valence-corrected chi connectivity index (χ2v) is 1.00. The van der Waals surface area contributed by atoms with Gasteiger partial charge >= 0.3 is 19.8 Å². The molecule has 0 saturated heterocycles. The molecule has 2 heteroatoms. The first kappa shape index (κ1) is 6.80. The van der Waals surface area contributed by atoms with Gasteiger partial charge in [-0.25, -0.2) is 12.2 Å². The van der Waals surface area contributed by atoms with Crippen molar-refractivity contribution in [2.75, 3.05) is 0 Å². The Balaban J connectivity index is 0.000000162. The van der Waals surface area contributed by atoms with E-state index in [1.54, 1.807) is 0 Å². The fourth-order valence-corrected chi connectivity index (χ4v) is 0.340. The molecule has 1 nitrogen and oxygen atoms in total. The van der Waals surface area contributed by atoms with E-state index in [0.717, 1.165) is 6.42 Å². The van der Waals surface area contributed by atoms with Crippen LogP contribution in [0.4, 0.5) is 0 Å². The van der Waals surface area contributed by atoms with Crippen molar-refractivity contribution in [1.29, 1.82) is 0 Å². The summed E-state index contributed by atoms with van der Waals surface area (Å²) in [5, 5.41) is 0. The van der Waals surface area contributed by atoms with Crippen molar-refractivity contribution in [3.05, 3.63) is 24.3 Å². The van der Waals surface area contributed by atoms with Gasteiger partial charge in [-0.15, -0.1) is 6.42 Å². The molecule has 0 unspecified atom stereocenters. The van der Waals surface area contributed by atoms with E-state index in [-0.39, 0.29) is 0 Å². The van der Waals surface area contributed by atoms with E-state index in [1.165, 1.54) is 0 Å². The van der Waals surface area contributed by atoms with Crippen LogP contribution in [0.1, 0.15) is 6.42 Å². The van der Waals surface area contributed by atoms with E-state index in [4.69, 9.17) is 3.83 Å². The van der Waals surface area contributed by atoms with Gasteiger partial charge in [-0.3, -0.25) is 6.08 Å². The van der Waals surface area contributed by atoms with Gasteiger partial charge in [0.25, 0.3) is 0 Å². The molecule has 0 spiro atoms. The average molecular weight is 137 g/mol. The minimum atomic E-state index is 1.01. The van der Waals surface area contributed by atoms with Crippen molar-refractivity contribution in [3.8, 4) is 0 Å². The number of allylic oxidation sites excluding steroid dienone is 4. The predicted octanol–water partition coefficient (Wildman–Crippen LogP) is 1.18. The zero-order valence-corrected chi connectivity index (χ0v) is 4.81. The van der Waals surface area contributed by atoms with E-state index < -0.39 is 0 Å². The Morgan fingerprint density at radius 2 is 2.29 bits per heavy atom. The van der Waals surface area contributed by atoms with Crippen LogP contribution in [0.2, 0.25) is 0 Å². The standard InChI is InChI=1S/C5H5.Fe.O/c1-2-4-5-3-1;;/h1-3H,4H2;;/q-1;+1;. The van der Waals surface area contributed by atoms with Gasteiger partial charge in [0.2, 0.25) is 0 Å². The molecule has 1 aliphatic rings. The van der Waals surface area contributed by atoms with Crippen molar-refractivity contribution in [1.82, 2.24) is 0 Å². The summed E-state index contributed by atoms with van der Waals surface area (Å²) in [6, 6.07) is 0. The molecule has 39 valence electrons. The molecular formula is C5H5FeO. The number of hydrogen-bond donors (Lipinski definition) is 0. The van der Waals surface area contributed by atoms with E-state index in [2.05, 4.69) is 12.2 Å². The summed E-state index contributed by atoms with van der Waals surface area (Å²) < 4.78 is 8.00. The van der Waals surface area contributed by atoms with Gasteiger partial charge in [-0.1, -0.05) is 0 Å². The van der Waals surface area contributed by atoms with E-state index in [0.29, 0.717) is 0 Å². The van der Waals surface area contributed by atoms with Crippen LogP contribution in [0, 0.1) is 6.08 Å². The van der Waals surface area contributed by atoms with Crippen LogP contribution in [-0.2, 0) is 19.8 Å². The number of hydrogen-bond acceptors (Lipinski definition) is 1. The summed E-state index contributed by atoms with van der Waals surface area (Å²) in [4.78, 5) is 0. The van der Waals surface area contributed by atoms with Crippen molar-refractivity contribution in [3.63, 3.8) is 0 Å². The Morgan fingerprint density at radius 1 is 1.57 bits per heavy atom. The van der Waals surface area contributed by atoms with Crippen LogP contribution in [0.5, 0.6) is 0 Å². The summed E-state index contributed by atoms with van der Waals surface area (Å²) in [5.41, 5.74) is 0. The Morgan fingerprint density at radius 3 is 2.43 bits per heavy atom. The Hall–Kier alpha value is -0.201. The molecule has 0 saturated carbocycles. The first-order valence-corrected chi connectivity index (χ1v) is 2.31. The van der Waals surface area contributed by atoms with Gasteiger partial charge < -0.3 is 0 Å². The van der Waals surface area contributed by atoms with Gasteiger partial charge in [-0.2, -0.15) is 6.08 Å². The zero-order chi connectivity index (χ0) is 5.54. The van der Waals surface area contributed by atoms with Crippen molar-refractivity contribution >= 4 is 0 Å². The van der Waals surface area contributed by atoms with Crippen LogP contribution in [0.3, 0.4) is 0 Å². The molecule has 0 fully saturated rings.